The number of thioether (sulfide) groups is 1. The van der Waals surface area contributed by atoms with Crippen molar-refractivity contribution in [1.82, 2.24) is 4.90 Å². The Hall–Kier alpha value is -1.51. The SMILES string of the molecule is CC[C@H]1CN([C@@H](C(N)=O)c2ccc(C#N)cc2)CCS1. The Morgan fingerprint density at radius 3 is 2.80 bits per heavy atom. The molecule has 1 fully saturated rings. The number of hydrogen-bond acceptors (Lipinski definition) is 4. The Kier molecular flexibility index (Phi) is 5.05. The molecule has 0 aromatic heterocycles. The summed E-state index contributed by atoms with van der Waals surface area (Å²) in [5.74, 6) is 0.704. The van der Waals surface area contributed by atoms with Gasteiger partial charge in [0.1, 0.15) is 6.04 Å². The van der Waals surface area contributed by atoms with Crippen molar-refractivity contribution in [1.29, 1.82) is 5.26 Å². The Morgan fingerprint density at radius 1 is 1.55 bits per heavy atom. The molecule has 2 N–H and O–H groups in total. The smallest absolute Gasteiger partial charge is 0.239 e. The van der Waals surface area contributed by atoms with Crippen molar-refractivity contribution < 1.29 is 4.79 Å². The van der Waals surface area contributed by atoms with Crippen molar-refractivity contribution in [2.45, 2.75) is 24.6 Å². The van der Waals surface area contributed by atoms with E-state index in [1.54, 1.807) is 12.1 Å². The van der Waals surface area contributed by atoms with Crippen molar-refractivity contribution in [3.8, 4) is 6.07 Å². The molecule has 1 aromatic carbocycles. The molecule has 0 radical (unpaired) electrons. The maximum absolute atomic E-state index is 11.9. The van der Waals surface area contributed by atoms with E-state index in [1.807, 2.05) is 23.9 Å². The zero-order valence-electron chi connectivity index (χ0n) is 11.6. The van der Waals surface area contributed by atoms with Gasteiger partial charge in [-0.3, -0.25) is 9.69 Å². The zero-order chi connectivity index (χ0) is 14.5. The van der Waals surface area contributed by atoms with Gasteiger partial charge in [-0.2, -0.15) is 17.0 Å². The lowest BCUT2D eigenvalue weighted by Gasteiger charge is -2.36. The molecule has 0 bridgehead atoms. The lowest BCUT2D eigenvalue weighted by atomic mass is 10.0. The van der Waals surface area contributed by atoms with Crippen molar-refractivity contribution >= 4 is 17.7 Å². The molecule has 0 aliphatic carbocycles. The molecule has 2 rings (SSSR count). The van der Waals surface area contributed by atoms with Crippen LogP contribution in [-0.4, -0.2) is 34.9 Å². The van der Waals surface area contributed by atoms with Crippen LogP contribution in [0.2, 0.25) is 0 Å². The van der Waals surface area contributed by atoms with E-state index >= 15 is 0 Å². The predicted octanol–water partition coefficient (Wildman–Crippen LogP) is 1.91. The van der Waals surface area contributed by atoms with Gasteiger partial charge in [-0.15, -0.1) is 0 Å². The maximum atomic E-state index is 11.9. The van der Waals surface area contributed by atoms with Crippen molar-refractivity contribution in [3.05, 3.63) is 35.4 Å². The van der Waals surface area contributed by atoms with Gasteiger partial charge in [0.2, 0.25) is 5.91 Å². The van der Waals surface area contributed by atoms with Crippen LogP contribution in [0, 0.1) is 11.3 Å². The number of nitriles is 1. The van der Waals surface area contributed by atoms with Crippen molar-refractivity contribution in [3.63, 3.8) is 0 Å². The summed E-state index contributed by atoms with van der Waals surface area (Å²) in [7, 11) is 0. The summed E-state index contributed by atoms with van der Waals surface area (Å²) < 4.78 is 0. The molecule has 20 heavy (non-hydrogen) atoms. The molecule has 1 aliphatic rings. The van der Waals surface area contributed by atoms with Crippen LogP contribution >= 0.6 is 11.8 Å². The van der Waals surface area contributed by atoms with Crippen LogP contribution in [0.4, 0.5) is 0 Å². The first-order chi connectivity index (χ1) is 9.65. The van der Waals surface area contributed by atoms with E-state index in [0.717, 1.165) is 30.8 Å². The van der Waals surface area contributed by atoms with Crippen LogP contribution in [0.3, 0.4) is 0 Å². The molecule has 1 saturated heterocycles. The number of nitrogens with zero attached hydrogens (tertiary/aromatic N) is 2. The fourth-order valence-corrected chi connectivity index (χ4v) is 3.72. The summed E-state index contributed by atoms with van der Waals surface area (Å²) in [4.78, 5) is 14.0. The molecule has 1 heterocycles. The minimum atomic E-state index is -0.391. The fourth-order valence-electron chi connectivity index (χ4n) is 2.52. The van der Waals surface area contributed by atoms with Crippen LogP contribution in [0.25, 0.3) is 0 Å². The topological polar surface area (TPSA) is 70.1 Å². The monoisotopic (exact) mass is 289 g/mol. The van der Waals surface area contributed by atoms with E-state index in [-0.39, 0.29) is 5.91 Å². The zero-order valence-corrected chi connectivity index (χ0v) is 12.4. The number of carbonyl (C=O) groups excluding carboxylic acids is 1. The number of primary amides is 1. The molecule has 5 heteroatoms. The van der Waals surface area contributed by atoms with E-state index in [9.17, 15) is 4.79 Å². The van der Waals surface area contributed by atoms with Crippen LogP contribution in [-0.2, 0) is 4.79 Å². The molecular weight excluding hydrogens is 270 g/mol. The maximum Gasteiger partial charge on any atom is 0.239 e. The Balaban J connectivity index is 2.22. The van der Waals surface area contributed by atoms with Gasteiger partial charge in [-0.25, -0.2) is 0 Å². The van der Waals surface area contributed by atoms with Crippen molar-refractivity contribution in [2.75, 3.05) is 18.8 Å². The van der Waals surface area contributed by atoms with Gasteiger partial charge < -0.3 is 5.73 Å². The molecule has 106 valence electrons. The molecular formula is C15H19N3OS. The lowest BCUT2D eigenvalue weighted by Crippen LogP contribution is -2.45. The number of benzene rings is 1. The molecule has 4 nitrogen and oxygen atoms in total. The van der Waals surface area contributed by atoms with Crippen molar-refractivity contribution in [2.24, 2.45) is 5.73 Å². The highest BCUT2D eigenvalue weighted by Crippen LogP contribution is 2.28. The highest BCUT2D eigenvalue weighted by Gasteiger charge is 2.30. The third kappa shape index (κ3) is 3.33. The first-order valence-electron chi connectivity index (χ1n) is 6.80. The van der Waals surface area contributed by atoms with E-state index in [1.165, 1.54) is 0 Å². The normalized spacial score (nSPS) is 21.1. The van der Waals surface area contributed by atoms with E-state index in [2.05, 4.69) is 17.9 Å². The third-order valence-corrected chi connectivity index (χ3v) is 4.99. The summed E-state index contributed by atoms with van der Waals surface area (Å²) >= 11 is 1.96. The molecule has 1 aromatic rings. The highest BCUT2D eigenvalue weighted by atomic mass is 32.2. The number of rotatable bonds is 4. The Morgan fingerprint density at radius 2 is 2.25 bits per heavy atom. The molecule has 1 amide bonds. The van der Waals surface area contributed by atoms with Gasteiger partial charge >= 0.3 is 0 Å². The van der Waals surface area contributed by atoms with Crippen LogP contribution in [0.15, 0.2) is 24.3 Å². The molecule has 0 spiro atoms. The number of hydrogen-bond donors (Lipinski definition) is 1. The lowest BCUT2D eigenvalue weighted by molar-refractivity contribution is -0.123. The standard InChI is InChI=1S/C15H19N3OS/c1-2-13-10-18(7-8-20-13)14(15(17)19)12-5-3-11(9-16)4-6-12/h3-6,13-14H,2,7-8,10H2,1H3,(H2,17,19)/t13-,14+/m0/s1. The van der Waals surface area contributed by atoms with Gasteiger partial charge in [0.05, 0.1) is 11.6 Å². The second-order valence-electron chi connectivity index (χ2n) is 4.93. The number of carbonyl (C=O) groups is 1. The molecule has 0 saturated carbocycles. The van der Waals surface area contributed by atoms with Crippen LogP contribution in [0.1, 0.15) is 30.5 Å². The Bertz CT molecular complexity index is 509. The molecule has 1 aliphatic heterocycles. The van der Waals surface area contributed by atoms with Crippen LogP contribution in [0.5, 0.6) is 0 Å². The first-order valence-corrected chi connectivity index (χ1v) is 7.85. The van der Waals surface area contributed by atoms with Gasteiger partial charge in [0.15, 0.2) is 0 Å². The summed E-state index contributed by atoms with van der Waals surface area (Å²) in [5.41, 5.74) is 7.07. The summed E-state index contributed by atoms with van der Waals surface area (Å²) in [6.45, 7) is 3.92. The van der Waals surface area contributed by atoms with Gasteiger partial charge in [-0.05, 0) is 24.1 Å². The second-order valence-corrected chi connectivity index (χ2v) is 6.34. The van der Waals surface area contributed by atoms with Gasteiger partial charge in [0.25, 0.3) is 0 Å². The summed E-state index contributed by atoms with van der Waals surface area (Å²) in [5, 5.41) is 9.40. The average Bonchev–Trinajstić information content (AvgIpc) is 2.48. The Labute approximate surface area is 123 Å². The summed E-state index contributed by atoms with van der Waals surface area (Å²) in [6, 6.07) is 8.83. The predicted molar refractivity (Wildman–Crippen MR) is 81.2 cm³/mol. The minimum absolute atomic E-state index is 0.323. The van der Waals surface area contributed by atoms with E-state index in [0.29, 0.717) is 10.8 Å². The number of nitrogens with two attached hydrogens (primary N) is 1. The fraction of sp³-hybridized carbons (Fsp3) is 0.467. The highest BCUT2D eigenvalue weighted by molar-refractivity contribution is 8.00. The molecule has 0 unspecified atom stereocenters. The third-order valence-electron chi connectivity index (χ3n) is 3.62. The van der Waals surface area contributed by atoms with E-state index in [4.69, 9.17) is 11.0 Å². The quantitative estimate of drug-likeness (QED) is 0.919. The van der Waals surface area contributed by atoms with E-state index < -0.39 is 6.04 Å². The minimum Gasteiger partial charge on any atom is -0.368 e. The van der Waals surface area contributed by atoms with Gasteiger partial charge in [0, 0.05) is 24.1 Å². The largest absolute Gasteiger partial charge is 0.368 e. The van der Waals surface area contributed by atoms with Crippen LogP contribution < -0.4 is 5.73 Å². The second kappa shape index (κ2) is 6.78. The first kappa shape index (κ1) is 14.9. The summed E-state index contributed by atoms with van der Waals surface area (Å²) in [6.07, 6.45) is 1.10. The van der Waals surface area contributed by atoms with Gasteiger partial charge in [-0.1, -0.05) is 19.1 Å². The number of amides is 1. The molecule has 2 atom stereocenters. The average molecular weight is 289 g/mol.